The lowest BCUT2D eigenvalue weighted by atomic mass is 10.2. The van der Waals surface area contributed by atoms with E-state index in [0.717, 1.165) is 28.8 Å². The van der Waals surface area contributed by atoms with Crippen LogP contribution in [0.25, 0.3) is 0 Å². The molecule has 2 heterocycles. The number of thioether (sulfide) groups is 1. The van der Waals surface area contributed by atoms with Crippen molar-refractivity contribution in [2.24, 2.45) is 5.92 Å². The van der Waals surface area contributed by atoms with Crippen LogP contribution in [0.15, 0.2) is 16.9 Å². The van der Waals surface area contributed by atoms with E-state index in [1.807, 2.05) is 13.8 Å². The fraction of sp³-hybridized carbons (Fsp3) is 0.467. The van der Waals surface area contributed by atoms with Gasteiger partial charge in [0.2, 0.25) is 5.91 Å². The van der Waals surface area contributed by atoms with Gasteiger partial charge in [-0.3, -0.25) is 14.3 Å². The number of nitrogens with one attached hydrogen (secondary N) is 1. The van der Waals surface area contributed by atoms with Crippen LogP contribution in [-0.4, -0.2) is 31.7 Å². The largest absolute Gasteiger partial charge is 0.361 e. The van der Waals surface area contributed by atoms with Crippen LogP contribution in [0.2, 0.25) is 0 Å². The second-order valence-corrected chi connectivity index (χ2v) is 6.62. The predicted molar refractivity (Wildman–Crippen MR) is 88.2 cm³/mol. The SMILES string of the molecule is CC(=O)SCC(C)C(=O)Nc1cnn(Cc2c(C)noc2C)c1. The van der Waals surface area contributed by atoms with E-state index in [1.165, 1.54) is 6.92 Å². The molecule has 0 aromatic carbocycles. The van der Waals surface area contributed by atoms with Gasteiger partial charge in [0, 0.05) is 30.4 Å². The first-order chi connectivity index (χ1) is 10.9. The molecule has 2 aromatic rings. The summed E-state index contributed by atoms with van der Waals surface area (Å²) in [7, 11) is 0. The number of aryl methyl sites for hydroxylation is 2. The number of nitrogens with zero attached hydrogens (tertiary/aromatic N) is 3. The third-order valence-electron chi connectivity index (χ3n) is 3.39. The summed E-state index contributed by atoms with van der Waals surface area (Å²) in [5.74, 6) is 0.845. The Hall–Kier alpha value is -2.09. The first kappa shape index (κ1) is 17.3. The number of rotatable bonds is 6. The summed E-state index contributed by atoms with van der Waals surface area (Å²) in [5, 5.41) is 11.0. The molecular formula is C15H20N4O3S. The van der Waals surface area contributed by atoms with Crippen LogP contribution in [0.3, 0.4) is 0 Å². The molecule has 1 unspecified atom stereocenters. The minimum absolute atomic E-state index is 0.0110. The van der Waals surface area contributed by atoms with E-state index in [2.05, 4.69) is 15.6 Å². The first-order valence-electron chi connectivity index (χ1n) is 7.25. The van der Waals surface area contributed by atoms with Crippen molar-refractivity contribution in [3.8, 4) is 0 Å². The Bertz CT molecular complexity index is 688. The fourth-order valence-corrected chi connectivity index (χ4v) is 2.62. The molecule has 0 aliphatic rings. The number of hydrogen-bond acceptors (Lipinski definition) is 6. The van der Waals surface area contributed by atoms with Gasteiger partial charge in [-0.2, -0.15) is 5.10 Å². The summed E-state index contributed by atoms with van der Waals surface area (Å²) in [6.07, 6.45) is 3.36. The highest BCUT2D eigenvalue weighted by Crippen LogP contribution is 2.16. The zero-order valence-corrected chi connectivity index (χ0v) is 14.4. The molecule has 7 nitrogen and oxygen atoms in total. The van der Waals surface area contributed by atoms with Crippen molar-refractivity contribution >= 4 is 28.5 Å². The Morgan fingerprint density at radius 2 is 2.17 bits per heavy atom. The second-order valence-electron chi connectivity index (χ2n) is 5.42. The maximum Gasteiger partial charge on any atom is 0.228 e. The minimum Gasteiger partial charge on any atom is -0.361 e. The van der Waals surface area contributed by atoms with E-state index in [0.29, 0.717) is 18.0 Å². The Kier molecular flexibility index (Phi) is 5.59. The van der Waals surface area contributed by atoms with Gasteiger partial charge in [0.15, 0.2) is 5.12 Å². The van der Waals surface area contributed by atoms with E-state index >= 15 is 0 Å². The third kappa shape index (κ3) is 4.69. The van der Waals surface area contributed by atoms with Crippen molar-refractivity contribution in [3.05, 3.63) is 29.4 Å². The molecule has 1 amide bonds. The van der Waals surface area contributed by atoms with Gasteiger partial charge in [-0.1, -0.05) is 23.8 Å². The van der Waals surface area contributed by atoms with Gasteiger partial charge in [0.1, 0.15) is 5.76 Å². The molecule has 2 aromatic heterocycles. The minimum atomic E-state index is -0.255. The van der Waals surface area contributed by atoms with Crippen molar-refractivity contribution in [3.63, 3.8) is 0 Å². The summed E-state index contributed by atoms with van der Waals surface area (Å²) in [6, 6.07) is 0. The lowest BCUT2D eigenvalue weighted by Crippen LogP contribution is -2.22. The second kappa shape index (κ2) is 7.45. The molecule has 0 bridgehead atoms. The number of aromatic nitrogens is 3. The van der Waals surface area contributed by atoms with Crippen LogP contribution in [0.4, 0.5) is 5.69 Å². The fourth-order valence-electron chi connectivity index (χ4n) is 1.99. The average molecular weight is 336 g/mol. The molecule has 0 saturated heterocycles. The van der Waals surface area contributed by atoms with Crippen LogP contribution in [-0.2, 0) is 16.1 Å². The first-order valence-corrected chi connectivity index (χ1v) is 8.23. The van der Waals surface area contributed by atoms with Gasteiger partial charge >= 0.3 is 0 Å². The van der Waals surface area contributed by atoms with Gasteiger partial charge < -0.3 is 9.84 Å². The summed E-state index contributed by atoms with van der Waals surface area (Å²) < 4.78 is 6.85. The molecule has 1 N–H and O–H groups in total. The van der Waals surface area contributed by atoms with Crippen molar-refractivity contribution in [2.45, 2.75) is 34.2 Å². The summed E-state index contributed by atoms with van der Waals surface area (Å²) in [5.41, 5.74) is 2.44. The maximum absolute atomic E-state index is 12.1. The van der Waals surface area contributed by atoms with Gasteiger partial charge in [-0.15, -0.1) is 0 Å². The molecule has 0 aliphatic carbocycles. The highest BCUT2D eigenvalue weighted by Gasteiger charge is 2.15. The van der Waals surface area contributed by atoms with E-state index in [1.54, 1.807) is 24.0 Å². The zero-order valence-electron chi connectivity index (χ0n) is 13.6. The molecule has 2 rings (SSSR count). The molecule has 0 saturated carbocycles. The van der Waals surface area contributed by atoms with E-state index in [-0.39, 0.29) is 16.9 Å². The van der Waals surface area contributed by atoms with E-state index in [4.69, 9.17) is 4.52 Å². The number of amides is 1. The molecule has 8 heteroatoms. The number of anilines is 1. The van der Waals surface area contributed by atoms with Crippen molar-refractivity contribution in [1.29, 1.82) is 0 Å². The monoisotopic (exact) mass is 336 g/mol. The smallest absolute Gasteiger partial charge is 0.228 e. The predicted octanol–water partition coefficient (Wildman–Crippen LogP) is 2.39. The number of carbonyl (C=O) groups is 2. The Morgan fingerprint density at radius 3 is 2.78 bits per heavy atom. The van der Waals surface area contributed by atoms with Gasteiger partial charge in [-0.05, 0) is 13.8 Å². The van der Waals surface area contributed by atoms with Gasteiger partial charge in [0.05, 0.1) is 24.1 Å². The zero-order chi connectivity index (χ0) is 17.0. The normalized spacial score (nSPS) is 12.2. The van der Waals surface area contributed by atoms with Crippen LogP contribution in [0, 0.1) is 19.8 Å². The van der Waals surface area contributed by atoms with Gasteiger partial charge in [-0.25, -0.2) is 0 Å². The summed E-state index contributed by atoms with van der Waals surface area (Å²) in [4.78, 5) is 23.0. The maximum atomic E-state index is 12.1. The molecule has 0 aliphatic heterocycles. The lowest BCUT2D eigenvalue weighted by molar-refractivity contribution is -0.118. The van der Waals surface area contributed by atoms with Gasteiger partial charge in [0.25, 0.3) is 0 Å². The highest BCUT2D eigenvalue weighted by molar-refractivity contribution is 8.13. The van der Waals surface area contributed by atoms with E-state index in [9.17, 15) is 9.59 Å². The summed E-state index contributed by atoms with van der Waals surface area (Å²) in [6.45, 7) is 7.56. The van der Waals surface area contributed by atoms with Crippen LogP contribution >= 0.6 is 11.8 Å². The topological polar surface area (TPSA) is 90.0 Å². The molecule has 23 heavy (non-hydrogen) atoms. The molecule has 1 atom stereocenters. The lowest BCUT2D eigenvalue weighted by Gasteiger charge is -2.09. The van der Waals surface area contributed by atoms with Crippen molar-refractivity contribution in [2.75, 3.05) is 11.1 Å². The third-order valence-corrected chi connectivity index (χ3v) is 4.46. The number of carbonyl (C=O) groups excluding carboxylic acids is 2. The van der Waals surface area contributed by atoms with Crippen LogP contribution in [0.1, 0.15) is 30.9 Å². The van der Waals surface area contributed by atoms with Crippen LogP contribution < -0.4 is 5.32 Å². The number of hydrogen-bond donors (Lipinski definition) is 1. The molecule has 0 spiro atoms. The quantitative estimate of drug-likeness (QED) is 0.871. The van der Waals surface area contributed by atoms with Crippen LogP contribution in [0.5, 0.6) is 0 Å². The Balaban J connectivity index is 1.94. The Morgan fingerprint density at radius 1 is 1.43 bits per heavy atom. The average Bonchev–Trinajstić information content (AvgIpc) is 3.06. The highest BCUT2D eigenvalue weighted by atomic mass is 32.2. The molecule has 0 fully saturated rings. The Labute approximate surface area is 138 Å². The standard InChI is InChI=1S/C15H20N4O3S/c1-9(8-23-12(4)20)15(21)17-13-5-16-19(6-13)7-14-10(2)18-22-11(14)3/h5-6,9H,7-8H2,1-4H3,(H,17,21). The molecule has 124 valence electrons. The van der Waals surface area contributed by atoms with Crippen molar-refractivity contribution < 1.29 is 14.1 Å². The summed E-state index contributed by atoms with van der Waals surface area (Å²) >= 11 is 1.15. The van der Waals surface area contributed by atoms with E-state index < -0.39 is 0 Å². The molecular weight excluding hydrogens is 316 g/mol. The van der Waals surface area contributed by atoms with Crippen molar-refractivity contribution in [1.82, 2.24) is 14.9 Å². The molecule has 0 radical (unpaired) electrons.